The Morgan fingerprint density at radius 1 is 1.28 bits per heavy atom. The predicted molar refractivity (Wildman–Crippen MR) is 69.4 cm³/mol. The monoisotopic (exact) mass is 249 g/mol. The zero-order valence-electron chi connectivity index (χ0n) is 11.0. The highest BCUT2D eigenvalue weighted by Gasteiger charge is 2.23. The van der Waals surface area contributed by atoms with E-state index in [-0.39, 0.29) is 0 Å². The molecule has 0 aliphatic carbocycles. The molecule has 0 spiro atoms. The zero-order valence-corrected chi connectivity index (χ0v) is 11.0. The van der Waals surface area contributed by atoms with Gasteiger partial charge in [0.1, 0.15) is 0 Å². The molecule has 0 fully saturated rings. The number of aliphatic carboxylic acids is 1. The largest absolute Gasteiger partial charge is 0.474 e. The van der Waals surface area contributed by atoms with Crippen molar-refractivity contribution in [1.82, 2.24) is 5.32 Å². The Bertz CT molecular complexity index is 452. The molecule has 4 heteroatoms. The Morgan fingerprint density at radius 3 is 2.44 bits per heavy atom. The van der Waals surface area contributed by atoms with Crippen LogP contribution in [0.1, 0.15) is 31.4 Å². The summed E-state index contributed by atoms with van der Waals surface area (Å²) >= 11 is 0. The van der Waals surface area contributed by atoms with Gasteiger partial charge in [0.2, 0.25) is 0 Å². The van der Waals surface area contributed by atoms with Gasteiger partial charge in [0.15, 0.2) is 0 Å². The SMILES string of the molecule is Cc1ccccc1CCC(C)(C)NC(=O)C(=O)O. The van der Waals surface area contributed by atoms with Crippen molar-refractivity contribution in [2.24, 2.45) is 0 Å². The predicted octanol–water partition coefficient (Wildman–Crippen LogP) is 1.91. The van der Waals surface area contributed by atoms with Crippen LogP contribution in [0.4, 0.5) is 0 Å². The average molecular weight is 249 g/mol. The van der Waals surface area contributed by atoms with Crippen molar-refractivity contribution >= 4 is 11.9 Å². The van der Waals surface area contributed by atoms with Crippen molar-refractivity contribution in [3.63, 3.8) is 0 Å². The van der Waals surface area contributed by atoms with Gasteiger partial charge in [-0.15, -0.1) is 0 Å². The summed E-state index contributed by atoms with van der Waals surface area (Å²) in [4.78, 5) is 21.6. The van der Waals surface area contributed by atoms with E-state index in [0.717, 1.165) is 6.42 Å². The number of amides is 1. The molecule has 0 saturated heterocycles. The third-order valence-corrected chi connectivity index (χ3v) is 2.93. The minimum absolute atomic E-state index is 0.530. The van der Waals surface area contributed by atoms with E-state index in [2.05, 4.69) is 5.32 Å². The highest BCUT2D eigenvalue weighted by Crippen LogP contribution is 2.16. The number of rotatable bonds is 4. The normalized spacial score (nSPS) is 11.1. The maximum Gasteiger partial charge on any atom is 0.394 e. The van der Waals surface area contributed by atoms with Crippen LogP contribution in [0.2, 0.25) is 0 Å². The van der Waals surface area contributed by atoms with E-state index >= 15 is 0 Å². The molecule has 0 unspecified atom stereocenters. The van der Waals surface area contributed by atoms with E-state index in [1.807, 2.05) is 45.0 Å². The summed E-state index contributed by atoms with van der Waals surface area (Å²) in [5.74, 6) is -2.40. The van der Waals surface area contributed by atoms with Gasteiger partial charge in [-0.2, -0.15) is 0 Å². The van der Waals surface area contributed by atoms with Crippen molar-refractivity contribution in [1.29, 1.82) is 0 Å². The van der Waals surface area contributed by atoms with Crippen molar-refractivity contribution in [3.05, 3.63) is 35.4 Å². The van der Waals surface area contributed by atoms with Gasteiger partial charge in [-0.3, -0.25) is 4.79 Å². The summed E-state index contributed by atoms with van der Waals surface area (Å²) in [7, 11) is 0. The maximum absolute atomic E-state index is 11.1. The molecule has 1 rings (SSSR count). The van der Waals surface area contributed by atoms with Crippen molar-refractivity contribution in [3.8, 4) is 0 Å². The molecule has 1 amide bonds. The van der Waals surface area contributed by atoms with Crippen LogP contribution in [0.5, 0.6) is 0 Å². The highest BCUT2D eigenvalue weighted by molar-refractivity contribution is 6.31. The van der Waals surface area contributed by atoms with E-state index in [1.165, 1.54) is 11.1 Å². The molecule has 1 aromatic rings. The number of benzene rings is 1. The van der Waals surface area contributed by atoms with Gasteiger partial charge in [0.25, 0.3) is 0 Å². The van der Waals surface area contributed by atoms with Gasteiger partial charge in [-0.25, -0.2) is 4.79 Å². The van der Waals surface area contributed by atoms with Crippen LogP contribution < -0.4 is 5.32 Å². The topological polar surface area (TPSA) is 66.4 Å². The second-order valence-corrected chi connectivity index (χ2v) is 5.07. The summed E-state index contributed by atoms with van der Waals surface area (Å²) in [5, 5.41) is 11.1. The molecule has 0 saturated carbocycles. The molecule has 98 valence electrons. The molecule has 0 aliphatic rings. The number of aryl methyl sites for hydroxylation is 2. The Kier molecular flexibility index (Phi) is 4.48. The van der Waals surface area contributed by atoms with Crippen molar-refractivity contribution in [2.45, 2.75) is 39.2 Å². The number of nitrogens with one attached hydrogen (secondary N) is 1. The lowest BCUT2D eigenvalue weighted by Gasteiger charge is -2.25. The summed E-state index contributed by atoms with van der Waals surface area (Å²) in [6, 6.07) is 8.05. The van der Waals surface area contributed by atoms with Crippen LogP contribution in [-0.2, 0) is 16.0 Å². The van der Waals surface area contributed by atoms with Crippen LogP contribution >= 0.6 is 0 Å². The Labute approximate surface area is 107 Å². The van der Waals surface area contributed by atoms with Gasteiger partial charge < -0.3 is 10.4 Å². The number of carboxylic acids is 1. The number of carbonyl (C=O) groups is 2. The summed E-state index contributed by atoms with van der Waals surface area (Å²) < 4.78 is 0. The Hall–Kier alpha value is -1.84. The zero-order chi connectivity index (χ0) is 13.8. The number of hydrogen-bond donors (Lipinski definition) is 2. The molecular formula is C14H19NO3. The third-order valence-electron chi connectivity index (χ3n) is 2.93. The van der Waals surface area contributed by atoms with Crippen LogP contribution in [0.3, 0.4) is 0 Å². The molecule has 0 radical (unpaired) electrons. The minimum atomic E-state index is -1.45. The maximum atomic E-state index is 11.1. The van der Waals surface area contributed by atoms with Gasteiger partial charge in [0, 0.05) is 5.54 Å². The van der Waals surface area contributed by atoms with Crippen molar-refractivity contribution < 1.29 is 14.7 Å². The number of hydrogen-bond acceptors (Lipinski definition) is 2. The molecular weight excluding hydrogens is 230 g/mol. The molecule has 0 heterocycles. The van der Waals surface area contributed by atoms with E-state index in [1.54, 1.807) is 0 Å². The van der Waals surface area contributed by atoms with Crippen LogP contribution in [-0.4, -0.2) is 22.5 Å². The third kappa shape index (κ3) is 4.20. The van der Waals surface area contributed by atoms with E-state index < -0.39 is 17.4 Å². The first-order chi connectivity index (χ1) is 8.32. The van der Waals surface area contributed by atoms with E-state index in [4.69, 9.17) is 5.11 Å². The lowest BCUT2D eigenvalue weighted by atomic mass is 9.93. The second-order valence-electron chi connectivity index (χ2n) is 5.07. The van der Waals surface area contributed by atoms with E-state index in [0.29, 0.717) is 6.42 Å². The second kappa shape index (κ2) is 5.67. The lowest BCUT2D eigenvalue weighted by Crippen LogP contribution is -2.46. The first-order valence-electron chi connectivity index (χ1n) is 5.92. The van der Waals surface area contributed by atoms with Crippen LogP contribution in [0, 0.1) is 6.92 Å². The first-order valence-corrected chi connectivity index (χ1v) is 5.92. The Balaban J connectivity index is 2.59. The fourth-order valence-corrected chi connectivity index (χ4v) is 1.76. The Morgan fingerprint density at radius 2 is 1.89 bits per heavy atom. The summed E-state index contributed by atoms with van der Waals surface area (Å²) in [6.45, 7) is 5.69. The van der Waals surface area contributed by atoms with Gasteiger partial charge in [-0.05, 0) is 44.7 Å². The van der Waals surface area contributed by atoms with E-state index in [9.17, 15) is 9.59 Å². The fraction of sp³-hybridized carbons (Fsp3) is 0.429. The first kappa shape index (κ1) is 14.2. The average Bonchev–Trinajstić information content (AvgIpc) is 2.27. The summed E-state index contributed by atoms with van der Waals surface area (Å²) in [5.41, 5.74) is 1.89. The molecule has 1 aromatic carbocycles. The molecule has 2 N–H and O–H groups in total. The molecule has 18 heavy (non-hydrogen) atoms. The van der Waals surface area contributed by atoms with Crippen LogP contribution in [0.15, 0.2) is 24.3 Å². The van der Waals surface area contributed by atoms with Crippen LogP contribution in [0.25, 0.3) is 0 Å². The van der Waals surface area contributed by atoms with Crippen molar-refractivity contribution in [2.75, 3.05) is 0 Å². The molecule has 0 atom stereocenters. The molecule has 0 aromatic heterocycles. The molecule has 4 nitrogen and oxygen atoms in total. The van der Waals surface area contributed by atoms with Gasteiger partial charge in [0.05, 0.1) is 0 Å². The lowest BCUT2D eigenvalue weighted by molar-refractivity contribution is -0.151. The van der Waals surface area contributed by atoms with Gasteiger partial charge in [-0.1, -0.05) is 24.3 Å². The van der Waals surface area contributed by atoms with Gasteiger partial charge >= 0.3 is 11.9 Å². The molecule has 0 aliphatic heterocycles. The number of carboxylic acid groups (broad SMARTS) is 1. The summed E-state index contributed by atoms with van der Waals surface area (Å²) in [6.07, 6.45) is 1.50. The number of carbonyl (C=O) groups excluding carboxylic acids is 1. The smallest absolute Gasteiger partial charge is 0.394 e. The quantitative estimate of drug-likeness (QED) is 0.801. The fourth-order valence-electron chi connectivity index (χ4n) is 1.76. The molecule has 0 bridgehead atoms. The highest BCUT2D eigenvalue weighted by atomic mass is 16.4. The standard InChI is InChI=1S/C14H19NO3/c1-10-6-4-5-7-11(10)8-9-14(2,3)15-12(16)13(17)18/h4-7H,8-9H2,1-3H3,(H,15,16)(H,17,18). The minimum Gasteiger partial charge on any atom is -0.474 e.